The molecule has 0 radical (unpaired) electrons. The standard InChI is InChI=1S/C18H19FN2O2S/c19-14-6-8-15(9-7-14)24-11-10-17(22)21-16(18(20)23)12-13-4-2-1-3-5-13/h1-9,16H,10-12H2,(H2,20,23)(H,21,22)/t16-/m1/s1. The lowest BCUT2D eigenvalue weighted by atomic mass is 10.1. The van der Waals surface area contributed by atoms with Crippen LogP contribution in [0.1, 0.15) is 12.0 Å². The lowest BCUT2D eigenvalue weighted by molar-refractivity contribution is -0.127. The number of amides is 2. The van der Waals surface area contributed by atoms with E-state index in [0.29, 0.717) is 12.2 Å². The molecule has 1 atom stereocenters. The first-order valence-corrected chi connectivity index (χ1v) is 8.54. The van der Waals surface area contributed by atoms with Crippen molar-refractivity contribution in [2.75, 3.05) is 5.75 Å². The highest BCUT2D eigenvalue weighted by Crippen LogP contribution is 2.18. The molecule has 0 aliphatic rings. The number of rotatable bonds is 8. The molecule has 0 bridgehead atoms. The molecule has 0 aliphatic heterocycles. The fraction of sp³-hybridized carbons (Fsp3) is 0.222. The van der Waals surface area contributed by atoms with E-state index >= 15 is 0 Å². The maximum Gasteiger partial charge on any atom is 0.240 e. The van der Waals surface area contributed by atoms with Crippen LogP contribution in [0.25, 0.3) is 0 Å². The van der Waals surface area contributed by atoms with Crippen molar-refractivity contribution in [2.45, 2.75) is 23.8 Å². The summed E-state index contributed by atoms with van der Waals surface area (Å²) in [7, 11) is 0. The molecular weight excluding hydrogens is 327 g/mol. The number of primary amides is 1. The Bertz CT molecular complexity index is 677. The van der Waals surface area contributed by atoms with Gasteiger partial charge in [-0.05, 0) is 29.8 Å². The van der Waals surface area contributed by atoms with E-state index in [1.807, 2.05) is 30.3 Å². The zero-order valence-electron chi connectivity index (χ0n) is 13.1. The van der Waals surface area contributed by atoms with Gasteiger partial charge in [-0.2, -0.15) is 0 Å². The van der Waals surface area contributed by atoms with Gasteiger partial charge in [-0.25, -0.2) is 4.39 Å². The Balaban J connectivity index is 1.80. The minimum Gasteiger partial charge on any atom is -0.368 e. The summed E-state index contributed by atoms with van der Waals surface area (Å²) >= 11 is 1.45. The number of benzene rings is 2. The van der Waals surface area contributed by atoms with Crippen molar-refractivity contribution in [2.24, 2.45) is 5.73 Å². The van der Waals surface area contributed by atoms with Crippen molar-refractivity contribution in [3.05, 3.63) is 66.0 Å². The third-order valence-electron chi connectivity index (χ3n) is 3.37. The Labute approximate surface area is 144 Å². The average Bonchev–Trinajstić information content (AvgIpc) is 2.57. The second kappa shape index (κ2) is 9.08. The summed E-state index contributed by atoms with van der Waals surface area (Å²) in [6.45, 7) is 0. The molecule has 0 aromatic heterocycles. The van der Waals surface area contributed by atoms with Crippen LogP contribution in [0.3, 0.4) is 0 Å². The van der Waals surface area contributed by atoms with Gasteiger partial charge in [0.15, 0.2) is 0 Å². The number of nitrogens with one attached hydrogen (secondary N) is 1. The number of halogens is 1. The van der Waals surface area contributed by atoms with Gasteiger partial charge in [0.1, 0.15) is 11.9 Å². The van der Waals surface area contributed by atoms with Gasteiger partial charge in [0.2, 0.25) is 11.8 Å². The summed E-state index contributed by atoms with van der Waals surface area (Å²) < 4.78 is 12.8. The van der Waals surface area contributed by atoms with E-state index in [2.05, 4.69) is 5.32 Å². The van der Waals surface area contributed by atoms with Gasteiger partial charge in [0.05, 0.1) is 0 Å². The van der Waals surface area contributed by atoms with Crippen LogP contribution < -0.4 is 11.1 Å². The van der Waals surface area contributed by atoms with E-state index in [-0.39, 0.29) is 18.1 Å². The Morgan fingerprint density at radius 3 is 2.38 bits per heavy atom. The fourth-order valence-corrected chi connectivity index (χ4v) is 2.98. The number of thioether (sulfide) groups is 1. The predicted molar refractivity (Wildman–Crippen MR) is 93.0 cm³/mol. The van der Waals surface area contributed by atoms with Gasteiger partial charge in [0.25, 0.3) is 0 Å². The minimum absolute atomic E-state index is 0.232. The van der Waals surface area contributed by atoms with Gasteiger partial charge in [-0.15, -0.1) is 11.8 Å². The van der Waals surface area contributed by atoms with Gasteiger partial charge in [-0.3, -0.25) is 9.59 Å². The molecule has 0 fully saturated rings. The van der Waals surface area contributed by atoms with E-state index in [1.165, 1.54) is 23.9 Å². The summed E-state index contributed by atoms with van der Waals surface area (Å²) in [5.41, 5.74) is 6.31. The molecule has 2 aromatic carbocycles. The number of hydrogen-bond acceptors (Lipinski definition) is 3. The number of carbonyl (C=O) groups is 2. The van der Waals surface area contributed by atoms with Crippen LogP contribution in [0, 0.1) is 5.82 Å². The van der Waals surface area contributed by atoms with E-state index in [9.17, 15) is 14.0 Å². The molecule has 0 heterocycles. The van der Waals surface area contributed by atoms with E-state index < -0.39 is 11.9 Å². The first-order valence-electron chi connectivity index (χ1n) is 7.55. The Hall–Kier alpha value is -2.34. The van der Waals surface area contributed by atoms with Crippen LogP contribution in [0.4, 0.5) is 4.39 Å². The van der Waals surface area contributed by atoms with E-state index in [0.717, 1.165) is 10.5 Å². The van der Waals surface area contributed by atoms with E-state index in [1.54, 1.807) is 12.1 Å². The first-order chi connectivity index (χ1) is 11.5. The maximum atomic E-state index is 12.8. The van der Waals surface area contributed by atoms with Crippen LogP contribution in [-0.4, -0.2) is 23.6 Å². The largest absolute Gasteiger partial charge is 0.368 e. The molecule has 3 N–H and O–H groups in total. The van der Waals surface area contributed by atoms with Crippen molar-refractivity contribution in [3.63, 3.8) is 0 Å². The third-order valence-corrected chi connectivity index (χ3v) is 4.39. The van der Waals surface area contributed by atoms with Crippen LogP contribution in [-0.2, 0) is 16.0 Å². The van der Waals surface area contributed by atoms with Crippen molar-refractivity contribution < 1.29 is 14.0 Å². The Morgan fingerprint density at radius 1 is 1.08 bits per heavy atom. The maximum absolute atomic E-state index is 12.8. The molecule has 2 amide bonds. The molecule has 24 heavy (non-hydrogen) atoms. The van der Waals surface area contributed by atoms with Crippen LogP contribution in [0.15, 0.2) is 59.5 Å². The Kier molecular flexibility index (Phi) is 6.81. The summed E-state index contributed by atoms with van der Waals surface area (Å²) in [5.74, 6) is -0.543. The normalized spacial score (nSPS) is 11.7. The van der Waals surface area contributed by atoms with Crippen LogP contribution in [0.5, 0.6) is 0 Å². The molecule has 2 aromatic rings. The van der Waals surface area contributed by atoms with Crippen molar-refractivity contribution in [1.29, 1.82) is 0 Å². The predicted octanol–water partition coefficient (Wildman–Crippen LogP) is 2.52. The quantitative estimate of drug-likeness (QED) is 0.722. The SMILES string of the molecule is NC(=O)[C@@H](Cc1ccccc1)NC(=O)CCSc1ccc(F)cc1. The zero-order valence-corrected chi connectivity index (χ0v) is 13.9. The second-order valence-corrected chi connectivity index (χ2v) is 6.43. The summed E-state index contributed by atoms with van der Waals surface area (Å²) in [6.07, 6.45) is 0.619. The average molecular weight is 346 g/mol. The molecule has 0 aliphatic carbocycles. The molecular formula is C18H19FN2O2S. The van der Waals surface area contributed by atoms with Crippen molar-refractivity contribution in [3.8, 4) is 0 Å². The topological polar surface area (TPSA) is 72.2 Å². The van der Waals surface area contributed by atoms with Gasteiger partial charge in [-0.1, -0.05) is 30.3 Å². The highest BCUT2D eigenvalue weighted by atomic mass is 32.2. The van der Waals surface area contributed by atoms with Gasteiger partial charge in [0, 0.05) is 23.5 Å². The monoisotopic (exact) mass is 346 g/mol. The first kappa shape index (κ1) is 18.0. The van der Waals surface area contributed by atoms with Crippen LogP contribution in [0.2, 0.25) is 0 Å². The highest BCUT2D eigenvalue weighted by molar-refractivity contribution is 7.99. The number of hydrogen-bond donors (Lipinski definition) is 2. The lowest BCUT2D eigenvalue weighted by Crippen LogP contribution is -2.45. The second-order valence-electron chi connectivity index (χ2n) is 5.26. The van der Waals surface area contributed by atoms with Crippen molar-refractivity contribution in [1.82, 2.24) is 5.32 Å². The zero-order chi connectivity index (χ0) is 17.4. The smallest absolute Gasteiger partial charge is 0.240 e. The summed E-state index contributed by atoms with van der Waals surface area (Å²) in [4.78, 5) is 24.4. The molecule has 4 nitrogen and oxygen atoms in total. The lowest BCUT2D eigenvalue weighted by Gasteiger charge is -2.15. The molecule has 2 rings (SSSR count). The van der Waals surface area contributed by atoms with Gasteiger partial charge >= 0.3 is 0 Å². The van der Waals surface area contributed by atoms with Crippen LogP contribution >= 0.6 is 11.8 Å². The third kappa shape index (κ3) is 6.04. The number of nitrogens with two attached hydrogens (primary N) is 1. The molecule has 0 saturated carbocycles. The molecule has 6 heteroatoms. The number of carbonyl (C=O) groups excluding carboxylic acids is 2. The minimum atomic E-state index is -0.726. The van der Waals surface area contributed by atoms with E-state index in [4.69, 9.17) is 5.73 Å². The highest BCUT2D eigenvalue weighted by Gasteiger charge is 2.18. The summed E-state index contributed by atoms with van der Waals surface area (Å²) in [5, 5.41) is 2.67. The molecule has 0 spiro atoms. The molecule has 0 saturated heterocycles. The fourth-order valence-electron chi connectivity index (χ4n) is 2.13. The molecule has 0 unspecified atom stereocenters. The van der Waals surface area contributed by atoms with Gasteiger partial charge < -0.3 is 11.1 Å². The van der Waals surface area contributed by atoms with Crippen molar-refractivity contribution >= 4 is 23.6 Å². The summed E-state index contributed by atoms with van der Waals surface area (Å²) in [6, 6.07) is 14.8. The Morgan fingerprint density at radius 2 is 1.75 bits per heavy atom. The molecule has 126 valence electrons.